The first-order valence-electron chi connectivity index (χ1n) is 5.92. The topological polar surface area (TPSA) is 89.1 Å². The van der Waals surface area contributed by atoms with E-state index in [1.54, 1.807) is 6.07 Å². The van der Waals surface area contributed by atoms with Crippen molar-refractivity contribution in [1.82, 2.24) is 15.1 Å². The van der Waals surface area contributed by atoms with Gasteiger partial charge in [0, 0.05) is 19.0 Å². The van der Waals surface area contributed by atoms with E-state index in [2.05, 4.69) is 15.1 Å². The van der Waals surface area contributed by atoms with Crippen LogP contribution in [0.15, 0.2) is 16.8 Å². The zero-order chi connectivity index (χ0) is 14.5. The van der Waals surface area contributed by atoms with Crippen LogP contribution in [0.4, 0.5) is 0 Å². The van der Waals surface area contributed by atoms with Gasteiger partial charge in [0.1, 0.15) is 5.69 Å². The van der Waals surface area contributed by atoms with Gasteiger partial charge in [-0.15, -0.1) is 0 Å². The van der Waals surface area contributed by atoms with Gasteiger partial charge in [-0.2, -0.15) is 4.98 Å². The summed E-state index contributed by atoms with van der Waals surface area (Å²) in [4.78, 5) is 18.6. The Morgan fingerprint density at radius 1 is 1.35 bits per heavy atom. The van der Waals surface area contributed by atoms with Crippen LogP contribution < -0.4 is 0 Å². The molecule has 2 aromatic heterocycles. The SMILES string of the molecule is O=C(O)CCCCc1nc(-c2ncc(Cl)cc2Cl)no1. The summed E-state index contributed by atoms with van der Waals surface area (Å²) in [6.07, 6.45) is 3.32. The first-order chi connectivity index (χ1) is 9.56. The second-order valence-electron chi connectivity index (χ2n) is 4.10. The van der Waals surface area contributed by atoms with Crippen LogP contribution in [0.1, 0.15) is 25.2 Å². The van der Waals surface area contributed by atoms with Gasteiger partial charge in [-0.3, -0.25) is 4.79 Å². The average molecular weight is 316 g/mol. The van der Waals surface area contributed by atoms with E-state index in [4.69, 9.17) is 32.8 Å². The molecule has 0 aliphatic carbocycles. The fourth-order valence-electron chi connectivity index (χ4n) is 1.58. The van der Waals surface area contributed by atoms with E-state index < -0.39 is 5.97 Å². The summed E-state index contributed by atoms with van der Waals surface area (Å²) in [6.45, 7) is 0. The third kappa shape index (κ3) is 3.91. The summed E-state index contributed by atoms with van der Waals surface area (Å²) in [5.41, 5.74) is 0.400. The Hall–Kier alpha value is -1.66. The Balaban J connectivity index is 1.99. The monoisotopic (exact) mass is 315 g/mol. The van der Waals surface area contributed by atoms with E-state index in [9.17, 15) is 4.79 Å². The number of carboxylic acid groups (broad SMARTS) is 1. The molecule has 0 fully saturated rings. The van der Waals surface area contributed by atoms with Gasteiger partial charge in [0.15, 0.2) is 0 Å². The highest BCUT2D eigenvalue weighted by Crippen LogP contribution is 2.25. The molecule has 106 valence electrons. The van der Waals surface area contributed by atoms with Crippen LogP contribution in [0.25, 0.3) is 11.5 Å². The Bertz CT molecular complexity index is 616. The molecule has 0 aromatic carbocycles. The van der Waals surface area contributed by atoms with Crippen LogP contribution >= 0.6 is 23.2 Å². The van der Waals surface area contributed by atoms with E-state index in [0.717, 1.165) is 0 Å². The molecule has 6 nitrogen and oxygen atoms in total. The second kappa shape index (κ2) is 6.67. The molecule has 0 saturated carbocycles. The van der Waals surface area contributed by atoms with Crippen molar-refractivity contribution in [2.45, 2.75) is 25.7 Å². The number of halogens is 2. The maximum Gasteiger partial charge on any atom is 0.303 e. The molecule has 0 aliphatic heterocycles. The van der Waals surface area contributed by atoms with Crippen LogP contribution in [0, 0.1) is 0 Å². The van der Waals surface area contributed by atoms with Gasteiger partial charge in [0.2, 0.25) is 11.7 Å². The fraction of sp³-hybridized carbons (Fsp3) is 0.333. The highest BCUT2D eigenvalue weighted by Gasteiger charge is 2.13. The number of hydrogen-bond donors (Lipinski definition) is 1. The van der Waals surface area contributed by atoms with E-state index in [0.29, 0.717) is 46.7 Å². The van der Waals surface area contributed by atoms with Gasteiger partial charge < -0.3 is 9.63 Å². The largest absolute Gasteiger partial charge is 0.481 e. The third-order valence-electron chi connectivity index (χ3n) is 2.52. The summed E-state index contributed by atoms with van der Waals surface area (Å²) in [6, 6.07) is 1.55. The van der Waals surface area contributed by atoms with Crippen molar-refractivity contribution in [2.24, 2.45) is 0 Å². The molecule has 2 aromatic rings. The molecule has 0 aliphatic rings. The summed E-state index contributed by atoms with van der Waals surface area (Å²) in [5.74, 6) is -0.0912. The van der Waals surface area contributed by atoms with Crippen LogP contribution in [-0.4, -0.2) is 26.2 Å². The van der Waals surface area contributed by atoms with Crippen molar-refractivity contribution in [3.63, 3.8) is 0 Å². The zero-order valence-corrected chi connectivity index (χ0v) is 11.9. The van der Waals surface area contributed by atoms with Gasteiger partial charge in [-0.05, 0) is 18.9 Å². The number of nitrogens with zero attached hydrogens (tertiary/aromatic N) is 3. The van der Waals surface area contributed by atoms with Gasteiger partial charge in [-0.1, -0.05) is 28.4 Å². The lowest BCUT2D eigenvalue weighted by molar-refractivity contribution is -0.137. The standard InChI is InChI=1S/C12H11Cl2N3O3/c13-7-5-8(14)11(15-6-7)12-16-9(20-17-12)3-1-2-4-10(18)19/h5-6H,1-4H2,(H,18,19). The molecule has 0 amide bonds. The quantitative estimate of drug-likeness (QED) is 0.823. The maximum absolute atomic E-state index is 10.4. The summed E-state index contributed by atoms with van der Waals surface area (Å²) in [7, 11) is 0. The lowest BCUT2D eigenvalue weighted by Crippen LogP contribution is -1.95. The van der Waals surface area contributed by atoms with E-state index in [1.165, 1.54) is 6.20 Å². The molecule has 20 heavy (non-hydrogen) atoms. The molecule has 0 spiro atoms. The second-order valence-corrected chi connectivity index (χ2v) is 4.94. The molecule has 0 unspecified atom stereocenters. The molecule has 2 heterocycles. The molecule has 0 bridgehead atoms. The molecule has 0 saturated heterocycles. The number of aromatic nitrogens is 3. The smallest absolute Gasteiger partial charge is 0.303 e. The summed E-state index contributed by atoms with van der Waals surface area (Å²) < 4.78 is 5.07. The van der Waals surface area contributed by atoms with Gasteiger partial charge >= 0.3 is 5.97 Å². The number of rotatable bonds is 6. The predicted octanol–water partition coefficient (Wildman–Crippen LogP) is 3.24. The Morgan fingerprint density at radius 2 is 2.15 bits per heavy atom. The van der Waals surface area contributed by atoms with Crippen molar-refractivity contribution in [3.8, 4) is 11.5 Å². The predicted molar refractivity (Wildman–Crippen MR) is 72.7 cm³/mol. The third-order valence-corrected chi connectivity index (χ3v) is 3.01. The molecule has 8 heteroatoms. The highest BCUT2D eigenvalue weighted by atomic mass is 35.5. The number of pyridine rings is 1. The number of carboxylic acids is 1. The summed E-state index contributed by atoms with van der Waals surface area (Å²) >= 11 is 11.8. The molecular weight excluding hydrogens is 305 g/mol. The van der Waals surface area contributed by atoms with Crippen molar-refractivity contribution < 1.29 is 14.4 Å². The highest BCUT2D eigenvalue weighted by molar-refractivity contribution is 6.35. The van der Waals surface area contributed by atoms with Crippen molar-refractivity contribution in [2.75, 3.05) is 0 Å². The molecule has 1 N–H and O–H groups in total. The minimum Gasteiger partial charge on any atom is -0.481 e. The molecule has 0 atom stereocenters. The van der Waals surface area contributed by atoms with Crippen LogP contribution in [-0.2, 0) is 11.2 Å². The first kappa shape index (κ1) is 14.7. The molecule has 2 rings (SSSR count). The average Bonchev–Trinajstić information content (AvgIpc) is 2.83. The Morgan fingerprint density at radius 3 is 2.85 bits per heavy atom. The molecular formula is C12H11Cl2N3O3. The van der Waals surface area contributed by atoms with Crippen molar-refractivity contribution >= 4 is 29.2 Å². The summed E-state index contributed by atoms with van der Waals surface area (Å²) in [5, 5.41) is 13.1. The zero-order valence-electron chi connectivity index (χ0n) is 10.3. The number of carbonyl (C=O) groups is 1. The number of hydrogen-bond acceptors (Lipinski definition) is 5. The van der Waals surface area contributed by atoms with Crippen LogP contribution in [0.5, 0.6) is 0 Å². The first-order valence-corrected chi connectivity index (χ1v) is 6.67. The Labute approximate surface area is 124 Å². The number of unbranched alkanes of at least 4 members (excludes halogenated alkanes) is 1. The lowest BCUT2D eigenvalue weighted by Gasteiger charge is -1.97. The Kier molecular flexibility index (Phi) is 4.92. The van der Waals surface area contributed by atoms with Crippen LogP contribution in [0.2, 0.25) is 10.0 Å². The fourth-order valence-corrected chi connectivity index (χ4v) is 2.05. The van der Waals surface area contributed by atoms with Crippen molar-refractivity contribution in [1.29, 1.82) is 0 Å². The minimum absolute atomic E-state index is 0.131. The van der Waals surface area contributed by atoms with Gasteiger partial charge in [-0.25, -0.2) is 4.98 Å². The van der Waals surface area contributed by atoms with E-state index >= 15 is 0 Å². The van der Waals surface area contributed by atoms with E-state index in [1.807, 2.05) is 0 Å². The minimum atomic E-state index is -0.812. The maximum atomic E-state index is 10.4. The number of aryl methyl sites for hydroxylation is 1. The van der Waals surface area contributed by atoms with Gasteiger partial charge in [0.25, 0.3) is 0 Å². The van der Waals surface area contributed by atoms with Gasteiger partial charge in [0.05, 0.1) is 10.0 Å². The normalized spacial score (nSPS) is 10.7. The lowest BCUT2D eigenvalue weighted by atomic mass is 10.2. The van der Waals surface area contributed by atoms with Crippen LogP contribution in [0.3, 0.4) is 0 Å². The van der Waals surface area contributed by atoms with Crippen molar-refractivity contribution in [3.05, 3.63) is 28.2 Å². The van der Waals surface area contributed by atoms with E-state index in [-0.39, 0.29) is 6.42 Å². The number of aliphatic carboxylic acids is 1. The molecule has 0 radical (unpaired) electrons.